The molecular weight excluding hydrogens is 237 g/mol. The van der Waals surface area contributed by atoms with Gasteiger partial charge in [0.25, 0.3) is 0 Å². The first-order valence-corrected chi connectivity index (χ1v) is 5.13. The number of ether oxygens (including phenoxy) is 1. The van der Waals surface area contributed by atoms with Crippen molar-refractivity contribution < 1.29 is 9.13 Å². The molecule has 5 nitrogen and oxygen atoms in total. The first kappa shape index (κ1) is 12.0. The summed E-state index contributed by atoms with van der Waals surface area (Å²) in [5.74, 6) is 0.0978. The van der Waals surface area contributed by atoms with E-state index in [0.29, 0.717) is 11.5 Å². The Morgan fingerprint density at radius 3 is 2.83 bits per heavy atom. The maximum atomic E-state index is 13.4. The summed E-state index contributed by atoms with van der Waals surface area (Å²) in [5, 5.41) is 5.66. The Hall–Kier alpha value is -2.50. The maximum absolute atomic E-state index is 13.4. The number of nitroso groups, excluding NO2 is 1. The van der Waals surface area contributed by atoms with Crippen molar-refractivity contribution in [1.82, 2.24) is 4.98 Å². The van der Waals surface area contributed by atoms with Crippen LogP contribution < -0.4 is 10.1 Å². The molecular formula is C12H10FN3O2. The van der Waals surface area contributed by atoms with Gasteiger partial charge in [0.2, 0.25) is 0 Å². The van der Waals surface area contributed by atoms with Gasteiger partial charge in [0.1, 0.15) is 11.5 Å². The summed E-state index contributed by atoms with van der Waals surface area (Å²) in [6.07, 6.45) is 1.44. The summed E-state index contributed by atoms with van der Waals surface area (Å²) in [6.45, 7) is 0. The molecule has 6 heteroatoms. The van der Waals surface area contributed by atoms with Crippen LogP contribution in [-0.2, 0) is 0 Å². The Bertz CT molecular complexity index is 575. The van der Waals surface area contributed by atoms with Crippen LogP contribution in [0.2, 0.25) is 0 Å². The highest BCUT2D eigenvalue weighted by Gasteiger charge is 2.04. The summed E-state index contributed by atoms with van der Waals surface area (Å²) >= 11 is 0. The van der Waals surface area contributed by atoms with E-state index in [1.807, 2.05) is 0 Å². The van der Waals surface area contributed by atoms with E-state index in [1.165, 1.54) is 37.6 Å². The lowest BCUT2D eigenvalue weighted by atomic mass is 10.3. The predicted molar refractivity (Wildman–Crippen MR) is 65.9 cm³/mol. The van der Waals surface area contributed by atoms with Gasteiger partial charge in [-0.05, 0) is 23.4 Å². The quantitative estimate of drug-likeness (QED) is 0.841. The van der Waals surface area contributed by atoms with Crippen molar-refractivity contribution in [2.24, 2.45) is 5.18 Å². The van der Waals surface area contributed by atoms with Crippen LogP contribution in [-0.4, -0.2) is 12.1 Å². The Balaban J connectivity index is 2.22. The van der Waals surface area contributed by atoms with Crippen molar-refractivity contribution in [3.63, 3.8) is 0 Å². The Morgan fingerprint density at radius 1 is 1.33 bits per heavy atom. The molecule has 2 aromatic rings. The summed E-state index contributed by atoms with van der Waals surface area (Å²) in [4.78, 5) is 14.4. The van der Waals surface area contributed by atoms with Gasteiger partial charge >= 0.3 is 0 Å². The first-order valence-electron chi connectivity index (χ1n) is 5.13. The normalized spacial score (nSPS) is 9.89. The number of nitrogens with zero attached hydrogens (tertiary/aromatic N) is 2. The van der Waals surface area contributed by atoms with E-state index in [2.05, 4.69) is 15.5 Å². The fraction of sp³-hybridized carbons (Fsp3) is 0.0833. The molecule has 1 aromatic heterocycles. The molecule has 0 aliphatic carbocycles. The lowest BCUT2D eigenvalue weighted by molar-refractivity contribution is 0.386. The molecule has 0 bridgehead atoms. The van der Waals surface area contributed by atoms with E-state index >= 15 is 0 Å². The molecule has 0 amide bonds. The third-order valence-electron chi connectivity index (χ3n) is 2.27. The van der Waals surface area contributed by atoms with Gasteiger partial charge in [0, 0.05) is 24.0 Å². The van der Waals surface area contributed by atoms with Crippen molar-refractivity contribution >= 4 is 17.2 Å². The molecule has 0 atom stereocenters. The van der Waals surface area contributed by atoms with Crippen LogP contribution in [0.3, 0.4) is 0 Å². The van der Waals surface area contributed by atoms with Crippen molar-refractivity contribution in [2.75, 3.05) is 12.4 Å². The molecule has 1 aromatic carbocycles. The minimum Gasteiger partial charge on any atom is -0.494 e. The van der Waals surface area contributed by atoms with Crippen molar-refractivity contribution in [3.8, 4) is 5.75 Å². The smallest absolute Gasteiger partial charge is 0.167 e. The van der Waals surface area contributed by atoms with Crippen LogP contribution in [0.4, 0.5) is 21.6 Å². The summed E-state index contributed by atoms with van der Waals surface area (Å²) in [6, 6.07) is 7.37. The largest absolute Gasteiger partial charge is 0.494 e. The molecule has 0 spiro atoms. The summed E-state index contributed by atoms with van der Waals surface area (Å²) in [7, 11) is 1.40. The molecule has 92 valence electrons. The van der Waals surface area contributed by atoms with E-state index in [4.69, 9.17) is 4.74 Å². The predicted octanol–water partition coefficient (Wildman–Crippen LogP) is 3.37. The van der Waals surface area contributed by atoms with E-state index < -0.39 is 5.82 Å². The molecule has 0 fully saturated rings. The van der Waals surface area contributed by atoms with Crippen LogP contribution in [0.1, 0.15) is 0 Å². The SMILES string of the molecule is COc1ccc(Nc2cc(N=O)ccn2)cc1F. The summed E-state index contributed by atoms with van der Waals surface area (Å²) < 4.78 is 18.3. The molecule has 0 aliphatic rings. The minimum absolute atomic E-state index is 0.164. The topological polar surface area (TPSA) is 63.6 Å². The zero-order chi connectivity index (χ0) is 13.0. The fourth-order valence-corrected chi connectivity index (χ4v) is 1.44. The first-order chi connectivity index (χ1) is 8.72. The van der Waals surface area contributed by atoms with Crippen LogP contribution in [0, 0.1) is 10.7 Å². The maximum Gasteiger partial charge on any atom is 0.167 e. The molecule has 1 N–H and O–H groups in total. The van der Waals surface area contributed by atoms with Crippen LogP contribution >= 0.6 is 0 Å². The van der Waals surface area contributed by atoms with Gasteiger partial charge < -0.3 is 10.1 Å². The zero-order valence-corrected chi connectivity index (χ0v) is 9.55. The monoisotopic (exact) mass is 247 g/mol. The van der Waals surface area contributed by atoms with Gasteiger partial charge in [-0.2, -0.15) is 0 Å². The number of halogens is 1. The highest BCUT2D eigenvalue weighted by Crippen LogP contribution is 2.24. The highest BCUT2D eigenvalue weighted by atomic mass is 19.1. The van der Waals surface area contributed by atoms with Crippen LogP contribution in [0.15, 0.2) is 41.7 Å². The Labute approximate surface area is 103 Å². The van der Waals surface area contributed by atoms with Gasteiger partial charge in [0.05, 0.1) is 7.11 Å². The number of hydrogen-bond acceptors (Lipinski definition) is 5. The van der Waals surface area contributed by atoms with Crippen molar-refractivity contribution in [3.05, 3.63) is 47.3 Å². The van der Waals surface area contributed by atoms with Crippen molar-refractivity contribution in [2.45, 2.75) is 0 Å². The molecule has 18 heavy (non-hydrogen) atoms. The number of pyridine rings is 1. The Morgan fingerprint density at radius 2 is 2.17 bits per heavy atom. The highest BCUT2D eigenvalue weighted by molar-refractivity contribution is 5.60. The number of benzene rings is 1. The minimum atomic E-state index is -0.479. The third kappa shape index (κ3) is 2.60. The van der Waals surface area contributed by atoms with Gasteiger partial charge in [-0.25, -0.2) is 9.37 Å². The van der Waals surface area contributed by atoms with E-state index in [1.54, 1.807) is 6.07 Å². The average Bonchev–Trinajstić information content (AvgIpc) is 2.39. The Kier molecular flexibility index (Phi) is 3.47. The second kappa shape index (κ2) is 5.22. The van der Waals surface area contributed by atoms with Gasteiger partial charge in [-0.3, -0.25) is 0 Å². The third-order valence-corrected chi connectivity index (χ3v) is 2.27. The molecule has 0 aliphatic heterocycles. The molecule has 2 rings (SSSR count). The molecule has 0 unspecified atom stereocenters. The average molecular weight is 247 g/mol. The van der Waals surface area contributed by atoms with Crippen LogP contribution in [0.5, 0.6) is 5.75 Å². The summed E-state index contributed by atoms with van der Waals surface area (Å²) in [5.41, 5.74) is 0.755. The number of hydrogen-bond donors (Lipinski definition) is 1. The van der Waals surface area contributed by atoms with Crippen LogP contribution in [0.25, 0.3) is 0 Å². The zero-order valence-electron chi connectivity index (χ0n) is 9.55. The number of nitrogens with one attached hydrogen (secondary N) is 1. The number of methoxy groups -OCH3 is 1. The fourth-order valence-electron chi connectivity index (χ4n) is 1.44. The van der Waals surface area contributed by atoms with E-state index in [-0.39, 0.29) is 11.4 Å². The van der Waals surface area contributed by atoms with Gasteiger partial charge in [0.15, 0.2) is 11.6 Å². The number of aromatic nitrogens is 1. The second-order valence-corrected chi connectivity index (χ2v) is 3.46. The molecule has 0 saturated heterocycles. The van der Waals surface area contributed by atoms with Crippen molar-refractivity contribution in [1.29, 1.82) is 0 Å². The molecule has 0 saturated carbocycles. The van der Waals surface area contributed by atoms with Gasteiger partial charge in [-0.1, -0.05) is 0 Å². The standard InChI is InChI=1S/C12H10FN3O2/c1-18-11-3-2-8(6-10(11)13)15-12-7-9(16-17)4-5-14-12/h2-7H,1H3,(H,14,15). The lowest BCUT2D eigenvalue weighted by Gasteiger charge is -2.07. The van der Waals surface area contributed by atoms with E-state index in [9.17, 15) is 9.30 Å². The van der Waals surface area contributed by atoms with Gasteiger partial charge in [-0.15, -0.1) is 4.91 Å². The number of anilines is 2. The molecule has 1 heterocycles. The van der Waals surface area contributed by atoms with E-state index in [0.717, 1.165) is 0 Å². The number of rotatable bonds is 4. The lowest BCUT2D eigenvalue weighted by Crippen LogP contribution is -1.95. The molecule has 0 radical (unpaired) electrons. The second-order valence-electron chi connectivity index (χ2n) is 3.46.